The average Bonchev–Trinajstić information content (AvgIpc) is 2.01. The minimum Gasteiger partial charge on any atom is -0.393 e. The van der Waals surface area contributed by atoms with Gasteiger partial charge < -0.3 is 5.11 Å². The fraction of sp³-hybridized carbons (Fsp3) is 1.00. The van der Waals surface area contributed by atoms with Crippen LogP contribution in [0.4, 0.5) is 0 Å². The van der Waals surface area contributed by atoms with E-state index >= 15 is 0 Å². The third-order valence-electron chi connectivity index (χ3n) is 3.56. The van der Waals surface area contributed by atoms with Crippen LogP contribution in [0.15, 0.2) is 0 Å². The molecule has 1 aliphatic carbocycles. The zero-order valence-corrected chi connectivity index (χ0v) is 10.2. The van der Waals surface area contributed by atoms with Crippen LogP contribution in [0.1, 0.15) is 53.4 Å². The summed E-state index contributed by atoms with van der Waals surface area (Å²) in [6, 6.07) is 0. The highest BCUT2D eigenvalue weighted by molar-refractivity contribution is 4.80. The summed E-state index contributed by atoms with van der Waals surface area (Å²) in [4.78, 5) is 0. The minimum atomic E-state index is -0.0279. The van der Waals surface area contributed by atoms with Gasteiger partial charge in [0.05, 0.1) is 6.10 Å². The lowest BCUT2D eigenvalue weighted by atomic mass is 9.72. The Kier molecular flexibility index (Phi) is 4.43. The van der Waals surface area contributed by atoms with Gasteiger partial charge in [-0.25, -0.2) is 0 Å². The van der Waals surface area contributed by atoms with E-state index in [4.69, 9.17) is 0 Å². The van der Waals surface area contributed by atoms with Gasteiger partial charge in [-0.05, 0) is 49.4 Å². The Morgan fingerprint density at radius 2 is 1.71 bits per heavy atom. The fourth-order valence-electron chi connectivity index (χ4n) is 2.85. The monoisotopic (exact) mass is 198 g/mol. The van der Waals surface area contributed by atoms with Gasteiger partial charge in [0.2, 0.25) is 0 Å². The Morgan fingerprint density at radius 3 is 2.21 bits per heavy atom. The van der Waals surface area contributed by atoms with Gasteiger partial charge in [-0.15, -0.1) is 0 Å². The highest BCUT2D eigenvalue weighted by Gasteiger charge is 2.29. The Bertz CT molecular complexity index is 161. The van der Waals surface area contributed by atoms with Crippen LogP contribution in [-0.2, 0) is 0 Å². The smallest absolute Gasteiger partial charge is 0.0545 e. The van der Waals surface area contributed by atoms with Crippen molar-refractivity contribution in [2.75, 3.05) is 0 Å². The van der Waals surface area contributed by atoms with Gasteiger partial charge in [0, 0.05) is 0 Å². The molecule has 14 heavy (non-hydrogen) atoms. The van der Waals surface area contributed by atoms with Crippen molar-refractivity contribution in [3.63, 3.8) is 0 Å². The van der Waals surface area contributed by atoms with Gasteiger partial charge in [-0.3, -0.25) is 0 Å². The number of rotatable bonds is 3. The predicted molar refractivity (Wildman–Crippen MR) is 61.1 cm³/mol. The van der Waals surface area contributed by atoms with Crippen molar-refractivity contribution in [1.82, 2.24) is 0 Å². The molecule has 0 amide bonds. The third kappa shape index (κ3) is 3.61. The Hall–Kier alpha value is -0.0400. The molecule has 1 nitrogen and oxygen atoms in total. The summed E-state index contributed by atoms with van der Waals surface area (Å²) in [5.74, 6) is 3.03. The first-order valence-electron chi connectivity index (χ1n) is 6.17. The average molecular weight is 198 g/mol. The minimum absolute atomic E-state index is 0.0279. The van der Waals surface area contributed by atoms with Crippen LogP contribution >= 0.6 is 0 Å². The summed E-state index contributed by atoms with van der Waals surface area (Å²) in [7, 11) is 0. The van der Waals surface area contributed by atoms with Crippen LogP contribution in [0.5, 0.6) is 0 Å². The van der Waals surface area contributed by atoms with Gasteiger partial charge in [0.25, 0.3) is 0 Å². The first-order chi connectivity index (χ1) is 6.49. The van der Waals surface area contributed by atoms with E-state index in [1.54, 1.807) is 0 Å². The van der Waals surface area contributed by atoms with E-state index in [2.05, 4.69) is 27.7 Å². The van der Waals surface area contributed by atoms with E-state index in [1.165, 1.54) is 12.8 Å². The summed E-state index contributed by atoms with van der Waals surface area (Å²) in [5.41, 5.74) is 0. The first kappa shape index (κ1) is 12.0. The lowest BCUT2D eigenvalue weighted by Crippen LogP contribution is -2.29. The molecule has 84 valence electrons. The number of hydrogen-bond acceptors (Lipinski definition) is 1. The maximum Gasteiger partial charge on any atom is 0.0545 e. The Balaban J connectivity index is 2.45. The second kappa shape index (κ2) is 5.16. The van der Waals surface area contributed by atoms with Crippen LogP contribution < -0.4 is 0 Å². The van der Waals surface area contributed by atoms with Crippen LogP contribution in [0, 0.1) is 23.7 Å². The lowest BCUT2D eigenvalue weighted by Gasteiger charge is -2.35. The molecule has 1 fully saturated rings. The quantitative estimate of drug-likeness (QED) is 0.736. The number of aliphatic hydroxyl groups excluding tert-OH is 1. The first-order valence-corrected chi connectivity index (χ1v) is 6.17. The molecule has 0 aliphatic heterocycles. The Morgan fingerprint density at radius 1 is 1.07 bits per heavy atom. The summed E-state index contributed by atoms with van der Waals surface area (Å²) in [6.07, 6.45) is 4.68. The molecule has 0 aromatic heterocycles. The van der Waals surface area contributed by atoms with Crippen LogP contribution in [0.25, 0.3) is 0 Å². The van der Waals surface area contributed by atoms with E-state index < -0.39 is 0 Å². The van der Waals surface area contributed by atoms with Crippen molar-refractivity contribution >= 4 is 0 Å². The van der Waals surface area contributed by atoms with Crippen LogP contribution in [0.3, 0.4) is 0 Å². The molecule has 0 heterocycles. The van der Waals surface area contributed by atoms with E-state index in [1.807, 2.05) is 0 Å². The molecule has 1 heteroatoms. The largest absolute Gasteiger partial charge is 0.393 e. The maximum absolute atomic E-state index is 9.81. The molecule has 0 bridgehead atoms. The van der Waals surface area contributed by atoms with Crippen molar-refractivity contribution < 1.29 is 5.11 Å². The SMILES string of the molecule is CC(C)C[C@H]1C[C@@H](O)C[C@@H](C(C)C)C1. The van der Waals surface area contributed by atoms with E-state index in [0.717, 1.165) is 36.5 Å². The molecule has 1 N–H and O–H groups in total. The van der Waals surface area contributed by atoms with Gasteiger partial charge in [-0.2, -0.15) is 0 Å². The number of aliphatic hydroxyl groups is 1. The topological polar surface area (TPSA) is 20.2 Å². The molecule has 0 saturated heterocycles. The lowest BCUT2D eigenvalue weighted by molar-refractivity contribution is 0.0484. The molecular formula is C13H26O. The highest BCUT2D eigenvalue weighted by atomic mass is 16.3. The van der Waals surface area contributed by atoms with Gasteiger partial charge in [0.15, 0.2) is 0 Å². The summed E-state index contributed by atoms with van der Waals surface area (Å²) in [5, 5.41) is 9.81. The molecule has 1 saturated carbocycles. The number of hydrogen-bond donors (Lipinski definition) is 1. The zero-order chi connectivity index (χ0) is 10.7. The normalized spacial score (nSPS) is 34.1. The van der Waals surface area contributed by atoms with Crippen molar-refractivity contribution in [2.45, 2.75) is 59.5 Å². The van der Waals surface area contributed by atoms with Crippen LogP contribution in [-0.4, -0.2) is 11.2 Å². The summed E-state index contributed by atoms with van der Waals surface area (Å²) < 4.78 is 0. The summed E-state index contributed by atoms with van der Waals surface area (Å²) >= 11 is 0. The molecule has 0 unspecified atom stereocenters. The molecule has 0 aromatic carbocycles. The summed E-state index contributed by atoms with van der Waals surface area (Å²) in [6.45, 7) is 9.14. The molecule has 0 aromatic rings. The van der Waals surface area contributed by atoms with Crippen molar-refractivity contribution in [3.8, 4) is 0 Å². The van der Waals surface area contributed by atoms with Crippen LogP contribution in [0.2, 0.25) is 0 Å². The molecular weight excluding hydrogens is 172 g/mol. The Labute approximate surface area is 88.9 Å². The highest BCUT2D eigenvalue weighted by Crippen LogP contribution is 2.36. The maximum atomic E-state index is 9.81. The zero-order valence-electron chi connectivity index (χ0n) is 10.2. The van der Waals surface area contributed by atoms with E-state index in [9.17, 15) is 5.11 Å². The van der Waals surface area contributed by atoms with Crippen molar-refractivity contribution in [3.05, 3.63) is 0 Å². The predicted octanol–water partition coefficient (Wildman–Crippen LogP) is 3.47. The molecule has 1 rings (SSSR count). The van der Waals surface area contributed by atoms with Crippen molar-refractivity contribution in [1.29, 1.82) is 0 Å². The van der Waals surface area contributed by atoms with Gasteiger partial charge >= 0.3 is 0 Å². The second-order valence-electron chi connectivity index (χ2n) is 5.86. The standard InChI is InChI=1S/C13H26O/c1-9(2)5-11-6-12(10(3)4)8-13(14)7-11/h9-14H,5-8H2,1-4H3/t11-,12+,13-/m1/s1. The second-order valence-corrected chi connectivity index (χ2v) is 5.86. The molecule has 0 radical (unpaired) electrons. The van der Waals surface area contributed by atoms with E-state index in [0.29, 0.717) is 0 Å². The van der Waals surface area contributed by atoms with Crippen molar-refractivity contribution in [2.24, 2.45) is 23.7 Å². The third-order valence-corrected chi connectivity index (χ3v) is 3.56. The van der Waals surface area contributed by atoms with E-state index in [-0.39, 0.29) is 6.10 Å². The molecule has 3 atom stereocenters. The van der Waals surface area contributed by atoms with Gasteiger partial charge in [-0.1, -0.05) is 27.7 Å². The molecule has 0 spiro atoms. The fourth-order valence-corrected chi connectivity index (χ4v) is 2.85. The van der Waals surface area contributed by atoms with Gasteiger partial charge in [0.1, 0.15) is 0 Å². The molecule has 1 aliphatic rings.